The second-order valence-corrected chi connectivity index (χ2v) is 15.5. The third-order valence-corrected chi connectivity index (χ3v) is 11.0. The minimum absolute atomic E-state index is 0.00474. The third kappa shape index (κ3) is 12.9. The number of hydrazine groups is 1. The van der Waals surface area contributed by atoms with Crippen LogP contribution in [0, 0.1) is 29.6 Å². The maximum atomic E-state index is 14.1. The first-order valence-corrected chi connectivity index (χ1v) is 19.6. The van der Waals surface area contributed by atoms with E-state index in [4.69, 9.17) is 0 Å². The maximum Gasteiger partial charge on any atom is 0.234 e. The first-order valence-electron chi connectivity index (χ1n) is 19.6. The van der Waals surface area contributed by atoms with Gasteiger partial charge in [0, 0.05) is 64.4 Å². The molecule has 3 aliphatic carbocycles. The van der Waals surface area contributed by atoms with Gasteiger partial charge in [-0.3, -0.25) is 24.6 Å². The average Bonchev–Trinajstić information content (AvgIpc) is 3.07. The van der Waals surface area contributed by atoms with Crippen LogP contribution >= 0.6 is 0 Å². The lowest BCUT2D eigenvalue weighted by molar-refractivity contribution is -0.143. The van der Waals surface area contributed by atoms with Crippen LogP contribution in [0.15, 0.2) is 0 Å². The van der Waals surface area contributed by atoms with Crippen molar-refractivity contribution in [3.05, 3.63) is 0 Å². The summed E-state index contributed by atoms with van der Waals surface area (Å²) in [6, 6.07) is -0.481. The third-order valence-electron chi connectivity index (χ3n) is 11.0. The Balaban J connectivity index is 1.76. The number of hydrogen-bond acceptors (Lipinski definition) is 6. The van der Waals surface area contributed by atoms with Gasteiger partial charge in [0.25, 0.3) is 0 Å². The number of hydrogen-bond donors (Lipinski definition) is 3. The molecule has 0 aromatic rings. The Bertz CT molecular complexity index is 990. The van der Waals surface area contributed by atoms with E-state index in [2.05, 4.69) is 31.5 Å². The van der Waals surface area contributed by atoms with Gasteiger partial charge in [-0.25, -0.2) is 5.01 Å². The van der Waals surface area contributed by atoms with Crippen molar-refractivity contribution in [3.8, 4) is 0 Å². The highest BCUT2D eigenvalue weighted by Gasteiger charge is 2.41. The van der Waals surface area contributed by atoms with Gasteiger partial charge in [0.1, 0.15) is 0 Å². The number of carbonyl (C=O) groups excluding carboxylic acids is 4. The second kappa shape index (κ2) is 21.1. The molecule has 0 bridgehead atoms. The first-order chi connectivity index (χ1) is 23.1. The van der Waals surface area contributed by atoms with Gasteiger partial charge >= 0.3 is 0 Å². The van der Waals surface area contributed by atoms with Gasteiger partial charge in [-0.05, 0) is 69.6 Å². The summed E-state index contributed by atoms with van der Waals surface area (Å²) in [5, 5.41) is 16.8. The van der Waals surface area contributed by atoms with Gasteiger partial charge in [-0.15, -0.1) is 0 Å². The summed E-state index contributed by atoms with van der Waals surface area (Å²) in [4.78, 5) is 57.6. The molecule has 4 amide bonds. The Kier molecular flexibility index (Phi) is 17.7. The molecule has 0 saturated heterocycles. The zero-order valence-electron chi connectivity index (χ0n) is 31.0. The highest BCUT2D eigenvalue weighted by Crippen LogP contribution is 2.36. The molecule has 0 aromatic carbocycles. The van der Waals surface area contributed by atoms with E-state index in [1.165, 1.54) is 25.7 Å². The highest BCUT2D eigenvalue weighted by atomic mass is 16.3. The van der Waals surface area contributed by atoms with E-state index < -0.39 is 24.0 Å². The summed E-state index contributed by atoms with van der Waals surface area (Å²) in [6.45, 7) is 8.38. The summed E-state index contributed by atoms with van der Waals surface area (Å²) in [7, 11) is 3.46. The van der Waals surface area contributed by atoms with Crippen LogP contribution in [0.3, 0.4) is 0 Å². The van der Waals surface area contributed by atoms with Crippen LogP contribution < -0.4 is 10.7 Å². The van der Waals surface area contributed by atoms with Gasteiger partial charge in [0.2, 0.25) is 23.6 Å². The average molecular weight is 676 g/mol. The summed E-state index contributed by atoms with van der Waals surface area (Å²) in [6.07, 6.45) is 15.7. The summed E-state index contributed by atoms with van der Waals surface area (Å²) in [5.41, 5.74) is 3.09. The lowest BCUT2D eigenvalue weighted by Gasteiger charge is -2.38. The molecule has 10 nitrogen and oxygen atoms in total. The number of nitrogens with one attached hydrogen (secondary N) is 2. The number of aliphatic hydroxyl groups excluding tert-OH is 1. The molecular weight excluding hydrogens is 606 g/mol. The SMILES string of the molecule is CCCN(CC(O)C(CC1CCCCC1)NC(=O)C1CC(C(=O)N(C)C)CC(C(=O)N(CCC)CCC)C1)NC(=O)CC1CCCCC1. The molecule has 0 aromatic heterocycles. The Morgan fingerprint density at radius 3 is 1.77 bits per heavy atom. The van der Waals surface area contributed by atoms with Crippen LogP contribution in [0.2, 0.25) is 0 Å². The number of rotatable bonds is 18. The smallest absolute Gasteiger partial charge is 0.234 e. The highest BCUT2D eigenvalue weighted by molar-refractivity contribution is 5.86. The number of nitrogens with zero attached hydrogens (tertiary/aromatic N) is 3. The standard InChI is InChI=1S/C38H69N5O5/c1-6-19-42(20-7-2)38(48)32-25-30(24-31(26-32)37(47)41(4)5)36(46)39-33(22-28-15-11-9-12-16-28)34(44)27-43(21-8-3)40-35(45)23-29-17-13-10-14-18-29/h28-34,44H,6-27H2,1-5H3,(H,39,46)(H,40,45). The van der Waals surface area contributed by atoms with Crippen LogP contribution in [0.1, 0.15) is 136 Å². The lowest BCUT2D eigenvalue weighted by Crippen LogP contribution is -2.55. The fourth-order valence-corrected chi connectivity index (χ4v) is 8.52. The molecule has 3 aliphatic rings. The molecule has 48 heavy (non-hydrogen) atoms. The van der Waals surface area contributed by atoms with E-state index in [1.54, 1.807) is 19.0 Å². The molecule has 0 radical (unpaired) electrons. The molecular formula is C38H69N5O5. The molecule has 10 heteroatoms. The van der Waals surface area contributed by atoms with Crippen LogP contribution in [-0.4, -0.2) is 96.0 Å². The predicted molar refractivity (Wildman–Crippen MR) is 191 cm³/mol. The van der Waals surface area contributed by atoms with Crippen molar-refractivity contribution in [3.63, 3.8) is 0 Å². The Labute approximate surface area is 291 Å². The molecule has 3 saturated carbocycles. The van der Waals surface area contributed by atoms with Crippen LogP contribution in [0.25, 0.3) is 0 Å². The zero-order chi connectivity index (χ0) is 35.1. The van der Waals surface area contributed by atoms with E-state index in [-0.39, 0.29) is 36.1 Å². The maximum absolute atomic E-state index is 14.1. The molecule has 5 atom stereocenters. The lowest BCUT2D eigenvalue weighted by atomic mass is 9.73. The van der Waals surface area contributed by atoms with E-state index in [0.717, 1.165) is 57.8 Å². The van der Waals surface area contributed by atoms with Crippen molar-refractivity contribution in [1.29, 1.82) is 0 Å². The van der Waals surface area contributed by atoms with Gasteiger partial charge < -0.3 is 20.2 Å². The van der Waals surface area contributed by atoms with E-state index in [0.29, 0.717) is 63.6 Å². The van der Waals surface area contributed by atoms with Crippen molar-refractivity contribution >= 4 is 23.6 Å². The van der Waals surface area contributed by atoms with Crippen LogP contribution in [0.5, 0.6) is 0 Å². The summed E-state index contributed by atoms with van der Waals surface area (Å²) in [5.74, 6) is -0.598. The van der Waals surface area contributed by atoms with Gasteiger partial charge in [0.05, 0.1) is 12.1 Å². The van der Waals surface area contributed by atoms with E-state index in [9.17, 15) is 24.3 Å². The Morgan fingerprint density at radius 1 is 0.708 bits per heavy atom. The molecule has 276 valence electrons. The fourth-order valence-electron chi connectivity index (χ4n) is 8.52. The second-order valence-electron chi connectivity index (χ2n) is 15.5. The molecule has 3 N–H and O–H groups in total. The van der Waals surface area contributed by atoms with E-state index in [1.807, 2.05) is 9.91 Å². The topological polar surface area (TPSA) is 122 Å². The molecule has 5 unspecified atom stereocenters. The van der Waals surface area contributed by atoms with Crippen molar-refractivity contribution in [1.82, 2.24) is 25.6 Å². The normalized spacial score (nSPS) is 23.7. The first kappa shape index (κ1) is 40.2. The molecule has 0 heterocycles. The van der Waals surface area contributed by atoms with Gasteiger partial charge in [0.15, 0.2) is 0 Å². The predicted octanol–water partition coefficient (Wildman–Crippen LogP) is 5.29. The summed E-state index contributed by atoms with van der Waals surface area (Å²) >= 11 is 0. The molecule has 3 fully saturated rings. The Hall–Kier alpha value is -2.20. The van der Waals surface area contributed by atoms with Gasteiger partial charge in [-0.2, -0.15) is 0 Å². The monoisotopic (exact) mass is 676 g/mol. The van der Waals surface area contributed by atoms with Crippen molar-refractivity contribution in [2.24, 2.45) is 29.6 Å². The summed E-state index contributed by atoms with van der Waals surface area (Å²) < 4.78 is 0. The largest absolute Gasteiger partial charge is 0.390 e. The number of amides is 4. The van der Waals surface area contributed by atoms with Crippen LogP contribution in [-0.2, 0) is 19.2 Å². The van der Waals surface area contributed by atoms with Gasteiger partial charge in [-0.1, -0.05) is 72.1 Å². The minimum Gasteiger partial charge on any atom is -0.390 e. The Morgan fingerprint density at radius 2 is 1.23 bits per heavy atom. The van der Waals surface area contributed by atoms with Crippen LogP contribution in [0.4, 0.5) is 0 Å². The molecule has 0 aliphatic heterocycles. The number of carbonyl (C=O) groups is 4. The number of aliphatic hydroxyl groups is 1. The van der Waals surface area contributed by atoms with Crippen molar-refractivity contribution < 1.29 is 24.3 Å². The molecule has 3 rings (SSSR count). The molecule has 0 spiro atoms. The fraction of sp³-hybridized carbons (Fsp3) is 0.895. The zero-order valence-corrected chi connectivity index (χ0v) is 31.0. The quantitative estimate of drug-likeness (QED) is 0.170. The van der Waals surface area contributed by atoms with Crippen molar-refractivity contribution in [2.75, 3.05) is 40.3 Å². The van der Waals surface area contributed by atoms with Crippen molar-refractivity contribution in [2.45, 2.75) is 148 Å². The minimum atomic E-state index is -0.873. The van der Waals surface area contributed by atoms with E-state index >= 15 is 0 Å².